The summed E-state index contributed by atoms with van der Waals surface area (Å²) in [5.41, 5.74) is 1.22. The summed E-state index contributed by atoms with van der Waals surface area (Å²) in [5, 5.41) is 0. The number of allylic oxidation sites excluding steroid dienone is 5. The van der Waals surface area contributed by atoms with Gasteiger partial charge in [-0.15, -0.1) is 12.3 Å². The van der Waals surface area contributed by atoms with Gasteiger partial charge in [-0.1, -0.05) is 105 Å². The van der Waals surface area contributed by atoms with Crippen molar-refractivity contribution in [1.29, 1.82) is 0 Å². The van der Waals surface area contributed by atoms with Crippen molar-refractivity contribution < 1.29 is 0 Å². The van der Waals surface area contributed by atoms with Crippen molar-refractivity contribution in [2.45, 2.75) is 109 Å². The molecule has 25 heavy (non-hydrogen) atoms. The molecule has 0 aromatic carbocycles. The van der Waals surface area contributed by atoms with E-state index in [0.717, 1.165) is 6.42 Å². The smallest absolute Gasteiger partial charge is 0.00297 e. The third-order valence-electron chi connectivity index (χ3n) is 1.04. The lowest BCUT2D eigenvalue weighted by molar-refractivity contribution is 1.09. The molecule has 0 aliphatic heterocycles. The summed E-state index contributed by atoms with van der Waals surface area (Å²) in [5.74, 6) is 2.25. The van der Waals surface area contributed by atoms with Crippen molar-refractivity contribution in [2.24, 2.45) is 0 Å². The normalized spacial score (nSPS) is 6.56. The number of rotatable bonds is 2. The summed E-state index contributed by atoms with van der Waals surface area (Å²) in [6.45, 7) is 29.9. The lowest BCUT2D eigenvalue weighted by atomic mass is 10.2. The summed E-state index contributed by atoms with van der Waals surface area (Å²) < 4.78 is 0. The van der Waals surface area contributed by atoms with Crippen LogP contribution in [0.5, 0.6) is 0 Å². The molecular weight excluding hydrogens is 302 g/mol. The Morgan fingerprint density at radius 2 is 1.04 bits per heavy atom. The van der Waals surface area contributed by atoms with Crippen LogP contribution in [0, 0.1) is 12.3 Å². The van der Waals surface area contributed by atoms with E-state index in [9.17, 15) is 0 Å². The van der Waals surface area contributed by atoms with E-state index in [-0.39, 0.29) is 6.15 Å². The van der Waals surface area contributed by atoms with Gasteiger partial charge in [0.1, 0.15) is 0 Å². The molecule has 0 aliphatic rings. The minimum Gasteiger partial charge on any atom is -0.344 e. The third kappa shape index (κ3) is 699. The Labute approximate surface area is 164 Å². The zero-order valence-corrected chi connectivity index (χ0v) is 20.4. The SMILES string of the molecule is C#CC.C/C=C\C.C=C(C)C/C=C/C.CC.CC.CCC.CCC.N. The van der Waals surface area contributed by atoms with Gasteiger partial charge in [0.2, 0.25) is 0 Å². The number of terminal acetylenes is 1. The van der Waals surface area contributed by atoms with Crippen LogP contribution in [0.25, 0.3) is 0 Å². The molecule has 0 saturated carbocycles. The molecule has 1 heteroatoms. The van der Waals surface area contributed by atoms with Gasteiger partial charge in [-0.05, 0) is 41.0 Å². The molecule has 3 N–H and O–H groups in total. The van der Waals surface area contributed by atoms with E-state index >= 15 is 0 Å². The van der Waals surface area contributed by atoms with Gasteiger partial charge in [-0.2, -0.15) is 0 Å². The first-order valence-corrected chi connectivity index (χ1v) is 9.63. The van der Waals surface area contributed by atoms with Gasteiger partial charge in [0.15, 0.2) is 0 Å². The molecule has 0 rings (SSSR count). The molecule has 0 aliphatic carbocycles. The van der Waals surface area contributed by atoms with Crippen LogP contribution in [-0.4, -0.2) is 0 Å². The molecule has 0 aromatic rings. The third-order valence-corrected chi connectivity index (χ3v) is 1.04. The Morgan fingerprint density at radius 1 is 0.840 bits per heavy atom. The average molecular weight is 358 g/mol. The van der Waals surface area contributed by atoms with Crippen molar-refractivity contribution in [3.05, 3.63) is 36.5 Å². The maximum Gasteiger partial charge on any atom is -0.00297 e. The Kier molecular flexibility index (Phi) is 225. The molecule has 0 fully saturated rings. The highest BCUT2D eigenvalue weighted by atomic mass is 14.0. The Hall–Kier alpha value is -1.26. The quantitative estimate of drug-likeness (QED) is 0.387. The molecule has 0 amide bonds. The fraction of sp³-hybridized carbons (Fsp3) is 0.667. The minimum atomic E-state index is 0. The highest BCUT2D eigenvalue weighted by Crippen LogP contribution is 1.94. The van der Waals surface area contributed by atoms with Gasteiger partial charge in [0.05, 0.1) is 0 Å². The molecule has 0 atom stereocenters. The van der Waals surface area contributed by atoms with Crippen molar-refractivity contribution in [3.8, 4) is 12.3 Å². The molecule has 0 heterocycles. The average Bonchev–Trinajstić information content (AvgIpc) is 2.59. The fourth-order valence-electron chi connectivity index (χ4n) is 0.319. The van der Waals surface area contributed by atoms with Crippen LogP contribution >= 0.6 is 0 Å². The first kappa shape index (κ1) is 49.6. The number of hydrogen-bond donors (Lipinski definition) is 1. The lowest BCUT2D eigenvalue weighted by Gasteiger charge is -1.84. The first-order valence-electron chi connectivity index (χ1n) is 9.63. The molecular formula is C24H55N. The van der Waals surface area contributed by atoms with Crippen molar-refractivity contribution in [3.63, 3.8) is 0 Å². The summed E-state index contributed by atoms with van der Waals surface area (Å²) in [4.78, 5) is 0. The predicted molar refractivity (Wildman–Crippen MR) is 129 cm³/mol. The monoisotopic (exact) mass is 357 g/mol. The van der Waals surface area contributed by atoms with Crippen molar-refractivity contribution in [2.75, 3.05) is 0 Å². The molecule has 0 bridgehead atoms. The summed E-state index contributed by atoms with van der Waals surface area (Å²) in [6.07, 6.45) is 16.3. The van der Waals surface area contributed by atoms with Gasteiger partial charge >= 0.3 is 0 Å². The van der Waals surface area contributed by atoms with Gasteiger partial charge in [0.25, 0.3) is 0 Å². The van der Waals surface area contributed by atoms with Crippen LogP contribution in [0.4, 0.5) is 0 Å². The van der Waals surface area contributed by atoms with Gasteiger partial charge in [-0.25, -0.2) is 0 Å². The highest BCUT2D eigenvalue weighted by Gasteiger charge is 1.73. The molecule has 1 nitrogen and oxygen atoms in total. The van der Waals surface area contributed by atoms with Crippen molar-refractivity contribution in [1.82, 2.24) is 6.15 Å². The zero-order chi connectivity index (χ0) is 21.2. The van der Waals surface area contributed by atoms with E-state index in [2.05, 4.69) is 52.7 Å². The van der Waals surface area contributed by atoms with Crippen LogP contribution in [0.3, 0.4) is 0 Å². The van der Waals surface area contributed by atoms with Gasteiger partial charge in [0, 0.05) is 0 Å². The van der Waals surface area contributed by atoms with Crippen LogP contribution in [0.1, 0.15) is 109 Å². The highest BCUT2D eigenvalue weighted by molar-refractivity contribution is 4.97. The second kappa shape index (κ2) is 113. The molecule has 156 valence electrons. The summed E-state index contributed by atoms with van der Waals surface area (Å²) >= 11 is 0. The molecule has 0 spiro atoms. The predicted octanol–water partition coefficient (Wildman–Crippen LogP) is 9.80. The van der Waals surface area contributed by atoms with Gasteiger partial charge in [-0.3, -0.25) is 0 Å². The van der Waals surface area contributed by atoms with Gasteiger partial charge < -0.3 is 6.15 Å². The van der Waals surface area contributed by atoms with E-state index in [1.807, 2.05) is 73.6 Å². The van der Waals surface area contributed by atoms with Crippen LogP contribution in [-0.2, 0) is 0 Å². The van der Waals surface area contributed by atoms with E-state index in [4.69, 9.17) is 0 Å². The summed E-state index contributed by atoms with van der Waals surface area (Å²) in [6, 6.07) is 0. The van der Waals surface area contributed by atoms with Crippen molar-refractivity contribution >= 4 is 0 Å². The van der Waals surface area contributed by atoms with Crippen LogP contribution in [0.2, 0.25) is 0 Å². The van der Waals surface area contributed by atoms with Crippen LogP contribution < -0.4 is 6.15 Å². The van der Waals surface area contributed by atoms with E-state index in [1.54, 1.807) is 6.92 Å². The standard InChI is InChI=1S/C7H12.C4H8.2C3H8.C3H4.2C2H6.H3N/c1-4-5-6-7(2)3;1-3-4-2;3*1-3-2;2*1-2;/h4-5H,2,6H2,1,3H3;3-4H,1-2H3;2*3H2,1-2H3;1H,2H3;2*1-2H3;1H3/b5-4+;4-3-;;;;;;. The molecule has 0 saturated heterocycles. The zero-order valence-electron chi connectivity index (χ0n) is 20.4. The lowest BCUT2D eigenvalue weighted by Crippen LogP contribution is -1.63. The van der Waals surface area contributed by atoms with Crippen LogP contribution in [0.15, 0.2) is 36.5 Å². The fourth-order valence-corrected chi connectivity index (χ4v) is 0.319. The molecule has 0 aromatic heterocycles. The first-order chi connectivity index (χ1) is 11.4. The largest absolute Gasteiger partial charge is 0.344 e. The Balaban J connectivity index is -0.0000000237. The van der Waals surface area contributed by atoms with E-state index < -0.39 is 0 Å². The maximum absolute atomic E-state index is 4.60. The molecule has 0 unspecified atom stereocenters. The second-order valence-electron chi connectivity index (χ2n) is 4.10. The maximum atomic E-state index is 4.60. The minimum absolute atomic E-state index is 0. The molecule has 0 radical (unpaired) electrons. The van der Waals surface area contributed by atoms with E-state index in [0.29, 0.717) is 0 Å². The topological polar surface area (TPSA) is 35.0 Å². The Morgan fingerprint density at radius 3 is 1.08 bits per heavy atom. The summed E-state index contributed by atoms with van der Waals surface area (Å²) in [7, 11) is 0. The second-order valence-corrected chi connectivity index (χ2v) is 4.10. The van der Waals surface area contributed by atoms with E-state index in [1.165, 1.54) is 18.4 Å². The Bertz CT molecular complexity index is 211. The number of hydrogen-bond acceptors (Lipinski definition) is 1.